The van der Waals surface area contributed by atoms with Crippen LogP contribution >= 0.6 is 0 Å². The van der Waals surface area contributed by atoms with Gasteiger partial charge < -0.3 is 10.1 Å². The topological polar surface area (TPSA) is 130 Å². The number of benzene rings is 2. The van der Waals surface area contributed by atoms with Crippen LogP contribution in [0.1, 0.15) is 27.3 Å². The van der Waals surface area contributed by atoms with Crippen LogP contribution in [0.4, 0.5) is 0 Å². The smallest absolute Gasteiger partial charge is 0.308 e. The van der Waals surface area contributed by atoms with Gasteiger partial charge in [0.25, 0.3) is 17.7 Å². The largest absolute Gasteiger partial charge is 0.456 e. The number of rotatable bonds is 7. The number of para-hydroxylation sites is 1. The number of hydrogen-bond acceptors (Lipinski definition) is 6. The number of hydrogen-bond donors (Lipinski definition) is 3. The summed E-state index contributed by atoms with van der Waals surface area (Å²) in [6.07, 6.45) is -0.131. The van der Waals surface area contributed by atoms with Crippen LogP contribution in [-0.4, -0.2) is 47.0 Å². The Morgan fingerprint density at radius 2 is 1.66 bits per heavy atom. The van der Waals surface area contributed by atoms with E-state index >= 15 is 0 Å². The van der Waals surface area contributed by atoms with E-state index in [0.717, 1.165) is 5.52 Å². The molecule has 0 aliphatic rings. The molecular formula is C20H18N4O5. The molecule has 0 fully saturated rings. The summed E-state index contributed by atoms with van der Waals surface area (Å²) >= 11 is 0. The number of carbonyl (C=O) groups excluding carboxylic acids is 4. The third-order valence-corrected chi connectivity index (χ3v) is 3.95. The maximum Gasteiger partial charge on any atom is 0.308 e. The van der Waals surface area contributed by atoms with Crippen molar-refractivity contribution in [1.29, 1.82) is 0 Å². The molecule has 1 heterocycles. The maximum atomic E-state index is 12.2. The minimum Gasteiger partial charge on any atom is -0.456 e. The molecule has 29 heavy (non-hydrogen) atoms. The lowest BCUT2D eigenvalue weighted by Gasteiger charge is -2.06. The van der Waals surface area contributed by atoms with Crippen LogP contribution in [0.5, 0.6) is 0 Å². The van der Waals surface area contributed by atoms with E-state index in [-0.39, 0.29) is 18.7 Å². The van der Waals surface area contributed by atoms with Crippen molar-refractivity contribution in [2.24, 2.45) is 0 Å². The van der Waals surface area contributed by atoms with Crippen LogP contribution in [-0.2, 0) is 14.3 Å². The highest BCUT2D eigenvalue weighted by atomic mass is 16.5. The number of ether oxygens (including phenoxy) is 1. The number of nitrogens with zero attached hydrogens (tertiary/aromatic N) is 1. The van der Waals surface area contributed by atoms with E-state index < -0.39 is 30.3 Å². The minimum absolute atomic E-state index is 0.0173. The van der Waals surface area contributed by atoms with Crippen molar-refractivity contribution in [3.63, 3.8) is 0 Å². The average Bonchev–Trinajstić information content (AvgIpc) is 3.17. The Balaban J connectivity index is 1.38. The fourth-order valence-corrected chi connectivity index (χ4v) is 2.54. The molecule has 0 saturated carbocycles. The SMILES string of the molecule is O=C(COC(=O)CCNC(=O)c1n[nH]c2ccccc12)NC(=O)c1ccccc1. The van der Waals surface area contributed by atoms with Gasteiger partial charge in [0.05, 0.1) is 11.9 Å². The highest BCUT2D eigenvalue weighted by Crippen LogP contribution is 2.14. The molecule has 3 rings (SSSR count). The number of aromatic amines is 1. The zero-order valence-corrected chi connectivity index (χ0v) is 15.3. The van der Waals surface area contributed by atoms with Gasteiger partial charge in [-0.05, 0) is 18.2 Å². The quantitative estimate of drug-likeness (QED) is 0.516. The molecule has 148 valence electrons. The van der Waals surface area contributed by atoms with Crippen LogP contribution in [0, 0.1) is 0 Å². The third kappa shape index (κ3) is 5.25. The Labute approximate surface area is 165 Å². The Hall–Kier alpha value is -4.01. The van der Waals surface area contributed by atoms with Gasteiger partial charge >= 0.3 is 5.97 Å². The summed E-state index contributed by atoms with van der Waals surface area (Å²) in [4.78, 5) is 47.4. The predicted octanol–water partition coefficient (Wildman–Crippen LogP) is 1.18. The van der Waals surface area contributed by atoms with Gasteiger partial charge in [-0.15, -0.1) is 0 Å². The van der Waals surface area contributed by atoms with Gasteiger partial charge in [-0.25, -0.2) is 0 Å². The Morgan fingerprint density at radius 3 is 2.45 bits per heavy atom. The van der Waals surface area contributed by atoms with Crippen molar-refractivity contribution in [3.8, 4) is 0 Å². The first-order chi connectivity index (χ1) is 14.0. The van der Waals surface area contributed by atoms with Gasteiger partial charge in [0.1, 0.15) is 0 Å². The summed E-state index contributed by atoms with van der Waals surface area (Å²) in [7, 11) is 0. The standard InChI is InChI=1S/C20H18N4O5/c25-16(22-19(27)13-6-2-1-3-7-13)12-29-17(26)10-11-21-20(28)18-14-8-4-5-9-15(14)23-24-18/h1-9H,10-12H2,(H,21,28)(H,23,24)(H,22,25,27). The number of fused-ring (bicyclic) bond motifs is 1. The molecule has 3 N–H and O–H groups in total. The van der Waals surface area contributed by atoms with Gasteiger partial charge in [0.2, 0.25) is 0 Å². The van der Waals surface area contributed by atoms with Gasteiger partial charge in [0, 0.05) is 17.5 Å². The Bertz CT molecular complexity index is 1050. The molecule has 9 nitrogen and oxygen atoms in total. The zero-order chi connectivity index (χ0) is 20.6. The number of amides is 3. The molecule has 1 aromatic heterocycles. The molecule has 0 bridgehead atoms. The molecule has 0 atom stereocenters. The third-order valence-electron chi connectivity index (χ3n) is 3.95. The summed E-state index contributed by atoms with van der Waals surface area (Å²) in [5.41, 5.74) is 1.28. The monoisotopic (exact) mass is 394 g/mol. The fraction of sp³-hybridized carbons (Fsp3) is 0.150. The summed E-state index contributed by atoms with van der Waals surface area (Å²) in [5.74, 6) is -2.43. The fourth-order valence-electron chi connectivity index (χ4n) is 2.54. The van der Waals surface area contributed by atoms with E-state index in [1.807, 2.05) is 6.07 Å². The molecular weight excluding hydrogens is 376 g/mol. The summed E-state index contributed by atoms with van der Waals surface area (Å²) in [6.45, 7) is -0.571. The second-order valence-electron chi connectivity index (χ2n) is 6.03. The van der Waals surface area contributed by atoms with E-state index in [2.05, 4.69) is 20.8 Å². The van der Waals surface area contributed by atoms with Gasteiger partial charge in [-0.3, -0.25) is 29.6 Å². The minimum atomic E-state index is -0.737. The average molecular weight is 394 g/mol. The lowest BCUT2D eigenvalue weighted by molar-refractivity contribution is -0.148. The molecule has 0 aliphatic carbocycles. The van der Waals surface area contributed by atoms with Gasteiger partial charge in [0.15, 0.2) is 12.3 Å². The van der Waals surface area contributed by atoms with E-state index in [1.165, 1.54) is 0 Å². The second kappa shape index (κ2) is 9.27. The summed E-state index contributed by atoms with van der Waals surface area (Å²) in [6, 6.07) is 15.4. The Morgan fingerprint density at radius 1 is 0.931 bits per heavy atom. The molecule has 3 amide bonds. The summed E-state index contributed by atoms with van der Waals surface area (Å²) in [5, 5.41) is 12.1. The molecule has 9 heteroatoms. The normalized spacial score (nSPS) is 10.3. The number of esters is 1. The van der Waals surface area contributed by atoms with Crippen LogP contribution in [0.3, 0.4) is 0 Å². The molecule has 0 aliphatic heterocycles. The van der Waals surface area contributed by atoms with Crippen LogP contribution < -0.4 is 10.6 Å². The van der Waals surface area contributed by atoms with Crippen molar-refractivity contribution >= 4 is 34.6 Å². The maximum absolute atomic E-state index is 12.2. The molecule has 0 unspecified atom stereocenters. The van der Waals surface area contributed by atoms with E-state index in [9.17, 15) is 19.2 Å². The molecule has 0 spiro atoms. The number of imide groups is 1. The first-order valence-corrected chi connectivity index (χ1v) is 8.81. The van der Waals surface area contributed by atoms with Crippen molar-refractivity contribution < 1.29 is 23.9 Å². The number of carbonyl (C=O) groups is 4. The van der Waals surface area contributed by atoms with Crippen molar-refractivity contribution in [2.75, 3.05) is 13.2 Å². The van der Waals surface area contributed by atoms with Crippen LogP contribution in [0.2, 0.25) is 0 Å². The molecule has 0 radical (unpaired) electrons. The first-order valence-electron chi connectivity index (χ1n) is 8.81. The highest BCUT2D eigenvalue weighted by molar-refractivity contribution is 6.05. The van der Waals surface area contributed by atoms with E-state index in [0.29, 0.717) is 10.9 Å². The lowest BCUT2D eigenvalue weighted by atomic mass is 10.2. The second-order valence-corrected chi connectivity index (χ2v) is 6.03. The molecule has 2 aromatic carbocycles. The lowest BCUT2D eigenvalue weighted by Crippen LogP contribution is -2.34. The number of H-pyrrole nitrogens is 1. The highest BCUT2D eigenvalue weighted by Gasteiger charge is 2.15. The predicted molar refractivity (Wildman–Crippen MR) is 103 cm³/mol. The number of aromatic nitrogens is 2. The molecule has 0 saturated heterocycles. The number of nitrogens with one attached hydrogen (secondary N) is 3. The van der Waals surface area contributed by atoms with E-state index in [4.69, 9.17) is 4.74 Å². The summed E-state index contributed by atoms with van der Waals surface area (Å²) < 4.78 is 4.81. The Kier molecular flexibility index (Phi) is 6.31. The van der Waals surface area contributed by atoms with Crippen molar-refractivity contribution in [3.05, 3.63) is 65.9 Å². The molecule has 3 aromatic rings. The first kappa shape index (κ1) is 19.7. The van der Waals surface area contributed by atoms with Crippen molar-refractivity contribution in [1.82, 2.24) is 20.8 Å². The van der Waals surface area contributed by atoms with Gasteiger partial charge in [-0.1, -0.05) is 36.4 Å². The zero-order valence-electron chi connectivity index (χ0n) is 15.3. The van der Waals surface area contributed by atoms with Crippen LogP contribution in [0.25, 0.3) is 10.9 Å². The van der Waals surface area contributed by atoms with Gasteiger partial charge in [-0.2, -0.15) is 5.10 Å². The van der Waals surface area contributed by atoms with Crippen molar-refractivity contribution in [2.45, 2.75) is 6.42 Å². The van der Waals surface area contributed by atoms with E-state index in [1.54, 1.807) is 48.5 Å². The van der Waals surface area contributed by atoms with Crippen LogP contribution in [0.15, 0.2) is 54.6 Å².